The van der Waals surface area contributed by atoms with Gasteiger partial charge >= 0.3 is 0 Å². The summed E-state index contributed by atoms with van der Waals surface area (Å²) in [5, 5.41) is 4.12. The molecule has 28 heavy (non-hydrogen) atoms. The molecule has 6 nitrogen and oxygen atoms in total. The predicted molar refractivity (Wildman–Crippen MR) is 109 cm³/mol. The van der Waals surface area contributed by atoms with E-state index in [9.17, 15) is 9.59 Å². The van der Waals surface area contributed by atoms with E-state index >= 15 is 0 Å². The lowest BCUT2D eigenvalue weighted by atomic mass is 10.0. The van der Waals surface area contributed by atoms with Gasteiger partial charge in [-0.25, -0.2) is 0 Å². The van der Waals surface area contributed by atoms with Gasteiger partial charge in [-0.3, -0.25) is 14.3 Å². The second-order valence-electron chi connectivity index (χ2n) is 8.01. The van der Waals surface area contributed by atoms with E-state index in [0.717, 1.165) is 18.4 Å². The zero-order valence-corrected chi connectivity index (χ0v) is 17.2. The quantitative estimate of drug-likeness (QED) is 0.704. The van der Waals surface area contributed by atoms with Gasteiger partial charge in [-0.15, -0.1) is 0 Å². The molecule has 0 bridgehead atoms. The number of aromatic nitrogens is 2. The predicted octanol–water partition coefficient (Wildman–Crippen LogP) is 3.22. The Balaban J connectivity index is 1.62. The van der Waals surface area contributed by atoms with Gasteiger partial charge in [-0.1, -0.05) is 38.1 Å². The second-order valence-corrected chi connectivity index (χ2v) is 8.01. The third-order valence-corrected chi connectivity index (χ3v) is 5.34. The molecule has 2 aromatic rings. The van der Waals surface area contributed by atoms with Crippen LogP contribution in [0.5, 0.6) is 0 Å². The Morgan fingerprint density at radius 3 is 2.39 bits per heavy atom. The summed E-state index contributed by atoms with van der Waals surface area (Å²) in [6, 6.07) is 10.1. The third kappa shape index (κ3) is 4.80. The van der Waals surface area contributed by atoms with Gasteiger partial charge in [0.05, 0.1) is 6.54 Å². The van der Waals surface area contributed by atoms with Crippen molar-refractivity contribution in [3.63, 3.8) is 0 Å². The Kier molecular flexibility index (Phi) is 6.17. The number of hydrogen-bond donors (Lipinski definition) is 0. The first-order valence-electron chi connectivity index (χ1n) is 9.99. The minimum Gasteiger partial charge on any atom is -0.335 e. The highest BCUT2D eigenvalue weighted by Gasteiger charge is 2.33. The molecule has 0 radical (unpaired) electrons. The molecule has 1 aromatic heterocycles. The van der Waals surface area contributed by atoms with Gasteiger partial charge in [0, 0.05) is 32.0 Å². The molecule has 0 N–H and O–H groups in total. The summed E-state index contributed by atoms with van der Waals surface area (Å²) in [7, 11) is 1.68. The first-order chi connectivity index (χ1) is 13.4. The van der Waals surface area contributed by atoms with Crippen molar-refractivity contribution in [2.75, 3.05) is 13.6 Å². The lowest BCUT2D eigenvalue weighted by Gasteiger charge is -2.27. The molecule has 1 fully saturated rings. The van der Waals surface area contributed by atoms with E-state index in [1.807, 2.05) is 4.90 Å². The second kappa shape index (κ2) is 8.59. The molecule has 1 aliphatic rings. The summed E-state index contributed by atoms with van der Waals surface area (Å²) in [5.74, 6) is 0.375. The average molecular weight is 383 g/mol. The number of likely N-dealkylation sites (N-methyl/N-ethyl adjacent to an activating group) is 1. The highest BCUT2D eigenvalue weighted by Crippen LogP contribution is 2.29. The monoisotopic (exact) mass is 382 g/mol. The largest absolute Gasteiger partial charge is 0.335 e. The lowest BCUT2D eigenvalue weighted by molar-refractivity contribution is -0.141. The van der Waals surface area contributed by atoms with Crippen LogP contribution in [0.15, 0.2) is 42.7 Å². The van der Waals surface area contributed by atoms with Crippen molar-refractivity contribution in [2.24, 2.45) is 0 Å². The molecular formula is C22H30N4O2. The number of nitrogens with zero attached hydrogens (tertiary/aromatic N) is 4. The molecule has 2 amide bonds. The van der Waals surface area contributed by atoms with Crippen molar-refractivity contribution in [1.82, 2.24) is 19.6 Å². The summed E-state index contributed by atoms with van der Waals surface area (Å²) in [6.07, 6.45) is 5.48. The van der Waals surface area contributed by atoms with Gasteiger partial charge < -0.3 is 9.80 Å². The summed E-state index contributed by atoms with van der Waals surface area (Å²) >= 11 is 0. The molecule has 0 saturated heterocycles. The van der Waals surface area contributed by atoms with E-state index in [-0.39, 0.29) is 18.4 Å². The Labute approximate surface area is 167 Å². The highest BCUT2D eigenvalue weighted by atomic mass is 16.2. The Morgan fingerprint density at radius 1 is 1.18 bits per heavy atom. The third-order valence-electron chi connectivity index (χ3n) is 5.34. The number of carbonyl (C=O) groups is 2. The fraction of sp³-hybridized carbons (Fsp3) is 0.500. The fourth-order valence-electron chi connectivity index (χ4n) is 3.33. The van der Waals surface area contributed by atoms with Crippen molar-refractivity contribution in [1.29, 1.82) is 0 Å². The smallest absolute Gasteiger partial charge is 0.247 e. The molecule has 1 atom stereocenters. The summed E-state index contributed by atoms with van der Waals surface area (Å²) in [5.41, 5.74) is 2.43. The van der Waals surface area contributed by atoms with Crippen molar-refractivity contribution in [3.05, 3.63) is 53.9 Å². The normalized spacial score (nSPS) is 14.8. The summed E-state index contributed by atoms with van der Waals surface area (Å²) < 4.78 is 1.61. The summed E-state index contributed by atoms with van der Waals surface area (Å²) in [6.45, 7) is 6.83. The molecule has 6 heteroatoms. The van der Waals surface area contributed by atoms with Crippen LogP contribution in [-0.4, -0.2) is 51.0 Å². The molecule has 1 aromatic carbocycles. The maximum atomic E-state index is 12.9. The summed E-state index contributed by atoms with van der Waals surface area (Å²) in [4.78, 5) is 29.0. The zero-order valence-electron chi connectivity index (χ0n) is 17.2. The van der Waals surface area contributed by atoms with E-state index in [1.54, 1.807) is 37.1 Å². The van der Waals surface area contributed by atoms with Gasteiger partial charge in [-0.05, 0) is 42.9 Å². The highest BCUT2D eigenvalue weighted by molar-refractivity contribution is 5.86. The van der Waals surface area contributed by atoms with Crippen LogP contribution in [0.3, 0.4) is 0 Å². The SMILES string of the molecule is CC(C)c1ccc(CN(C(=O)CN(C)C(=O)C(C)n2cccn2)C2CC2)cc1. The number of carbonyl (C=O) groups excluding carboxylic acids is 2. The van der Waals surface area contributed by atoms with Crippen LogP contribution in [0.4, 0.5) is 0 Å². The van der Waals surface area contributed by atoms with Gasteiger partial charge in [0.15, 0.2) is 0 Å². The molecule has 150 valence electrons. The first-order valence-corrected chi connectivity index (χ1v) is 9.99. The molecule has 1 aliphatic carbocycles. The number of rotatable bonds is 8. The van der Waals surface area contributed by atoms with Crippen molar-refractivity contribution >= 4 is 11.8 Å². The van der Waals surface area contributed by atoms with Gasteiger partial charge in [0.2, 0.25) is 11.8 Å². The van der Waals surface area contributed by atoms with Crippen LogP contribution >= 0.6 is 0 Å². The van der Waals surface area contributed by atoms with Crippen molar-refractivity contribution in [3.8, 4) is 0 Å². The molecule has 0 aliphatic heterocycles. The van der Waals surface area contributed by atoms with Crippen molar-refractivity contribution < 1.29 is 9.59 Å². The minimum absolute atomic E-state index is 0.000971. The molecule has 3 rings (SSSR count). The van der Waals surface area contributed by atoms with Gasteiger partial charge in [-0.2, -0.15) is 5.10 Å². The van der Waals surface area contributed by atoms with Crippen LogP contribution in [0.1, 0.15) is 56.7 Å². The van der Waals surface area contributed by atoms with E-state index < -0.39 is 6.04 Å². The lowest BCUT2D eigenvalue weighted by Crippen LogP contribution is -2.43. The zero-order chi connectivity index (χ0) is 20.3. The number of hydrogen-bond acceptors (Lipinski definition) is 3. The van der Waals surface area contributed by atoms with E-state index in [4.69, 9.17) is 0 Å². The topological polar surface area (TPSA) is 58.4 Å². The molecule has 1 unspecified atom stereocenters. The fourth-order valence-corrected chi connectivity index (χ4v) is 3.33. The van der Waals surface area contributed by atoms with Gasteiger partial charge in [0.25, 0.3) is 0 Å². The van der Waals surface area contributed by atoms with Crippen LogP contribution in [0, 0.1) is 0 Å². The minimum atomic E-state index is -0.425. The van der Waals surface area contributed by atoms with E-state index in [2.05, 4.69) is 43.2 Å². The van der Waals surface area contributed by atoms with E-state index in [1.165, 1.54) is 10.5 Å². The average Bonchev–Trinajstić information content (AvgIpc) is 3.37. The molecule has 1 saturated carbocycles. The van der Waals surface area contributed by atoms with Crippen LogP contribution < -0.4 is 0 Å². The van der Waals surface area contributed by atoms with Crippen LogP contribution in [0.2, 0.25) is 0 Å². The Morgan fingerprint density at radius 2 is 1.86 bits per heavy atom. The van der Waals surface area contributed by atoms with Crippen molar-refractivity contribution in [2.45, 2.75) is 58.2 Å². The number of benzene rings is 1. The van der Waals surface area contributed by atoms with Gasteiger partial charge in [0.1, 0.15) is 6.04 Å². The van der Waals surface area contributed by atoms with Crippen LogP contribution in [-0.2, 0) is 16.1 Å². The maximum absolute atomic E-state index is 12.9. The molecule has 1 heterocycles. The molecular weight excluding hydrogens is 352 g/mol. The molecule has 0 spiro atoms. The Bertz CT molecular complexity index is 794. The maximum Gasteiger partial charge on any atom is 0.247 e. The first kappa shape index (κ1) is 20.1. The standard InChI is InChI=1S/C22H30N4O2/c1-16(2)19-8-6-18(7-9-19)14-25(20-10-11-20)21(27)15-24(4)22(28)17(3)26-13-5-12-23-26/h5-9,12-13,16-17,20H,10-11,14-15H2,1-4H3. The van der Waals surface area contributed by atoms with Crippen LogP contribution in [0.25, 0.3) is 0 Å². The number of amides is 2. The Hall–Kier alpha value is -2.63. The van der Waals surface area contributed by atoms with E-state index in [0.29, 0.717) is 18.5 Å².